The first-order valence-electron chi connectivity index (χ1n) is 3.67. The number of nitrogens with zero attached hydrogens (tertiary/aromatic N) is 3. The predicted octanol–water partition coefficient (Wildman–Crippen LogP) is 1.28. The molecule has 1 aromatic carbocycles. The number of fused-ring (bicyclic) bond motifs is 1. The lowest BCUT2D eigenvalue weighted by Gasteiger charge is -1.88. The summed E-state index contributed by atoms with van der Waals surface area (Å²) >= 11 is 0. The molecule has 1 aromatic heterocycles. The average molecular weight is 176 g/mol. The highest BCUT2D eigenvalue weighted by Gasteiger charge is 2.07. The van der Waals surface area contributed by atoms with Crippen LogP contribution < -0.4 is 0 Å². The molecule has 0 fully saturated rings. The largest absolute Gasteiger partial charge is 0.271 e. The summed E-state index contributed by atoms with van der Waals surface area (Å²) in [5.41, 5.74) is 0.649. The Morgan fingerprint density at radius 3 is 3.08 bits per heavy atom. The van der Waals surface area contributed by atoms with Crippen molar-refractivity contribution in [3.05, 3.63) is 34.5 Å². The van der Waals surface area contributed by atoms with E-state index in [0.29, 0.717) is 5.52 Å². The lowest BCUT2D eigenvalue weighted by atomic mass is 10.2. The van der Waals surface area contributed by atoms with Crippen molar-refractivity contribution in [2.24, 2.45) is 7.05 Å². The number of hydrogen-bond acceptors (Lipinski definition) is 3. The number of aromatic nitrogens is 2. The van der Waals surface area contributed by atoms with Crippen LogP contribution >= 0.6 is 0 Å². The van der Waals surface area contributed by atoms with Gasteiger partial charge < -0.3 is 0 Å². The highest BCUT2D eigenvalue weighted by atomic mass is 16.6. The van der Waals surface area contributed by atoms with Crippen LogP contribution in [0.5, 0.6) is 0 Å². The number of aryl methyl sites for hydroxylation is 1. The summed E-state index contributed by atoms with van der Waals surface area (Å²) in [4.78, 5) is 9.98. The van der Waals surface area contributed by atoms with Gasteiger partial charge in [-0.15, -0.1) is 0 Å². The Kier molecular flexibility index (Phi) is 1.51. The van der Waals surface area contributed by atoms with Crippen LogP contribution in [0.3, 0.4) is 0 Å². The van der Waals surface area contributed by atoms with Crippen LogP contribution in [0.1, 0.15) is 0 Å². The van der Waals surface area contributed by atoms with Crippen LogP contribution in [0.2, 0.25) is 0 Å². The number of nitro benzene ring substituents is 1. The van der Waals surface area contributed by atoms with Gasteiger partial charge in [-0.3, -0.25) is 14.8 Å². The zero-order chi connectivity index (χ0) is 9.42. The Hall–Kier alpha value is -1.91. The molecule has 1 radical (unpaired) electrons. The maximum absolute atomic E-state index is 10.4. The molecule has 65 valence electrons. The summed E-state index contributed by atoms with van der Waals surface area (Å²) in [6.45, 7) is 0. The molecule has 0 amide bonds. The molecule has 0 spiro atoms. The first-order valence-corrected chi connectivity index (χ1v) is 3.67. The fraction of sp³-hybridized carbons (Fsp3) is 0.125. The van der Waals surface area contributed by atoms with E-state index in [1.807, 2.05) is 0 Å². The van der Waals surface area contributed by atoms with Gasteiger partial charge in [0.15, 0.2) is 0 Å². The van der Waals surface area contributed by atoms with Crippen molar-refractivity contribution in [3.63, 3.8) is 0 Å². The zero-order valence-corrected chi connectivity index (χ0v) is 6.89. The molecule has 5 heteroatoms. The molecule has 0 bridgehead atoms. The SMILES string of the molecule is Cn1[c]c2ccc([N+](=O)[O-])cc2n1. The first kappa shape index (κ1) is 7.72. The Bertz CT molecular complexity index is 475. The molecule has 0 atom stereocenters. The van der Waals surface area contributed by atoms with Gasteiger partial charge in [0.1, 0.15) is 0 Å². The van der Waals surface area contributed by atoms with Gasteiger partial charge in [-0.25, -0.2) is 0 Å². The Morgan fingerprint density at radius 1 is 1.62 bits per heavy atom. The molecule has 2 rings (SSSR count). The van der Waals surface area contributed by atoms with Gasteiger partial charge in [-0.2, -0.15) is 5.10 Å². The number of nitro groups is 1. The number of rotatable bonds is 1. The highest BCUT2D eigenvalue weighted by Crippen LogP contribution is 2.18. The molecular formula is C8H6N3O2. The van der Waals surface area contributed by atoms with E-state index in [0.717, 1.165) is 5.39 Å². The summed E-state index contributed by atoms with van der Waals surface area (Å²) in [7, 11) is 1.73. The fourth-order valence-electron chi connectivity index (χ4n) is 1.17. The van der Waals surface area contributed by atoms with Gasteiger partial charge in [0.2, 0.25) is 0 Å². The van der Waals surface area contributed by atoms with E-state index in [9.17, 15) is 10.1 Å². The lowest BCUT2D eigenvalue weighted by Crippen LogP contribution is -1.87. The van der Waals surface area contributed by atoms with Gasteiger partial charge in [0.05, 0.1) is 16.6 Å². The van der Waals surface area contributed by atoms with Crippen molar-refractivity contribution >= 4 is 16.6 Å². The summed E-state index contributed by atoms with van der Waals surface area (Å²) in [6.07, 6.45) is 2.91. The smallest absolute Gasteiger partial charge is 0.265 e. The van der Waals surface area contributed by atoms with E-state index in [4.69, 9.17) is 0 Å². The number of benzene rings is 1. The third-order valence-corrected chi connectivity index (χ3v) is 1.73. The van der Waals surface area contributed by atoms with E-state index in [1.54, 1.807) is 13.1 Å². The van der Waals surface area contributed by atoms with Crippen LogP contribution in [-0.4, -0.2) is 14.7 Å². The highest BCUT2D eigenvalue weighted by molar-refractivity contribution is 5.79. The van der Waals surface area contributed by atoms with Gasteiger partial charge >= 0.3 is 0 Å². The Labute approximate surface area is 73.7 Å². The molecule has 1 heterocycles. The number of non-ortho nitro benzene ring substituents is 1. The molecule has 5 nitrogen and oxygen atoms in total. The van der Waals surface area contributed by atoms with Crippen molar-refractivity contribution in [3.8, 4) is 0 Å². The minimum atomic E-state index is -0.436. The molecule has 0 saturated heterocycles. The molecule has 13 heavy (non-hydrogen) atoms. The second-order valence-electron chi connectivity index (χ2n) is 2.69. The van der Waals surface area contributed by atoms with Crippen LogP contribution in [0.15, 0.2) is 18.2 Å². The minimum Gasteiger partial charge on any atom is -0.265 e. The second kappa shape index (κ2) is 2.55. The molecule has 0 aliphatic heterocycles. The van der Waals surface area contributed by atoms with E-state index in [1.165, 1.54) is 16.8 Å². The lowest BCUT2D eigenvalue weighted by molar-refractivity contribution is -0.384. The maximum Gasteiger partial charge on any atom is 0.271 e. The molecule has 0 N–H and O–H groups in total. The van der Waals surface area contributed by atoms with Crippen molar-refractivity contribution in [2.75, 3.05) is 0 Å². The van der Waals surface area contributed by atoms with Gasteiger partial charge in [-0.1, -0.05) is 0 Å². The predicted molar refractivity (Wildman–Crippen MR) is 46.2 cm³/mol. The van der Waals surface area contributed by atoms with E-state index in [-0.39, 0.29) is 5.69 Å². The number of hydrogen-bond donors (Lipinski definition) is 0. The molecule has 0 aliphatic rings. The zero-order valence-electron chi connectivity index (χ0n) is 6.89. The van der Waals surface area contributed by atoms with Crippen molar-refractivity contribution in [1.82, 2.24) is 9.78 Å². The summed E-state index contributed by atoms with van der Waals surface area (Å²) in [6, 6.07) is 4.52. The standard InChI is InChI=1S/C8H6N3O2/c1-10-5-6-2-3-7(11(12)13)4-8(6)9-10/h2-4H,1H3. The van der Waals surface area contributed by atoms with Crippen molar-refractivity contribution < 1.29 is 4.92 Å². The summed E-state index contributed by atoms with van der Waals surface area (Å²) < 4.78 is 1.51. The average Bonchev–Trinajstić information content (AvgIpc) is 2.42. The summed E-state index contributed by atoms with van der Waals surface area (Å²) in [5.74, 6) is 0. The van der Waals surface area contributed by atoms with Crippen LogP contribution in [0.25, 0.3) is 10.9 Å². The quantitative estimate of drug-likeness (QED) is 0.485. The van der Waals surface area contributed by atoms with E-state index in [2.05, 4.69) is 11.3 Å². The Morgan fingerprint density at radius 2 is 2.38 bits per heavy atom. The molecular weight excluding hydrogens is 170 g/mol. The monoisotopic (exact) mass is 176 g/mol. The molecule has 2 aromatic rings. The van der Waals surface area contributed by atoms with Crippen LogP contribution in [-0.2, 0) is 7.05 Å². The summed E-state index contributed by atoms with van der Waals surface area (Å²) in [5, 5.41) is 15.2. The van der Waals surface area contributed by atoms with Crippen LogP contribution in [0, 0.1) is 16.3 Å². The molecule has 0 saturated carbocycles. The first-order chi connectivity index (χ1) is 6.16. The van der Waals surface area contributed by atoms with Crippen molar-refractivity contribution in [1.29, 1.82) is 0 Å². The fourth-order valence-corrected chi connectivity index (χ4v) is 1.17. The third-order valence-electron chi connectivity index (χ3n) is 1.73. The molecule has 0 unspecified atom stereocenters. The molecule has 0 aliphatic carbocycles. The second-order valence-corrected chi connectivity index (χ2v) is 2.69. The van der Waals surface area contributed by atoms with Gasteiger partial charge in [0.25, 0.3) is 5.69 Å². The topological polar surface area (TPSA) is 61.0 Å². The maximum atomic E-state index is 10.4. The Balaban J connectivity index is 2.67. The normalized spacial score (nSPS) is 10.5. The van der Waals surface area contributed by atoms with Crippen molar-refractivity contribution in [2.45, 2.75) is 0 Å². The van der Waals surface area contributed by atoms with Gasteiger partial charge in [-0.05, 0) is 6.07 Å². The minimum absolute atomic E-state index is 0.0552. The third kappa shape index (κ3) is 1.24. The van der Waals surface area contributed by atoms with Crippen LogP contribution in [0.4, 0.5) is 5.69 Å². The van der Waals surface area contributed by atoms with Gasteiger partial charge in [0, 0.05) is 24.6 Å². The van der Waals surface area contributed by atoms with E-state index >= 15 is 0 Å². The van der Waals surface area contributed by atoms with E-state index < -0.39 is 4.92 Å².